The van der Waals surface area contributed by atoms with E-state index >= 15 is 0 Å². The molecule has 0 bridgehead atoms. The first-order chi connectivity index (χ1) is 28.6. The highest BCUT2D eigenvalue weighted by Gasteiger charge is 2.09. The van der Waals surface area contributed by atoms with Crippen molar-refractivity contribution in [2.45, 2.75) is 216 Å². The van der Waals surface area contributed by atoms with E-state index in [1.165, 1.54) is 67.9 Å². The van der Waals surface area contributed by atoms with Crippen molar-refractivity contribution in [1.29, 1.82) is 0 Å². The van der Waals surface area contributed by atoms with Crippen LogP contribution in [0.15, 0.2) is 90.3 Å². The first-order valence-corrected chi connectivity index (χ1v) is 25.1. The highest BCUT2D eigenvalue weighted by Crippen LogP contribution is 2.25. The highest BCUT2D eigenvalue weighted by molar-refractivity contribution is 7.09. The molecule has 3 aromatic carbocycles. The molecule has 4 aromatic rings. The first-order valence-electron chi connectivity index (χ1n) is 24.2. The van der Waals surface area contributed by atoms with Crippen molar-refractivity contribution in [3.63, 3.8) is 0 Å². The van der Waals surface area contributed by atoms with E-state index in [9.17, 15) is 8.78 Å². The predicted octanol–water partition coefficient (Wildman–Crippen LogP) is 20.8. The van der Waals surface area contributed by atoms with Crippen molar-refractivity contribution in [3.05, 3.63) is 129 Å². The molecule has 1 aliphatic rings. The Kier molecular flexibility index (Phi) is 74.2. The molecule has 0 N–H and O–H groups in total. The van der Waals surface area contributed by atoms with Crippen LogP contribution in [0.2, 0.25) is 0 Å². The lowest BCUT2D eigenvalue weighted by molar-refractivity contribution is 0.349. The second-order valence-electron chi connectivity index (χ2n) is 12.5. The third-order valence-corrected chi connectivity index (χ3v) is 9.13. The molecule has 0 radical (unpaired) electrons. The summed E-state index contributed by atoms with van der Waals surface area (Å²) in [6.07, 6.45) is 14.4. The van der Waals surface area contributed by atoms with E-state index in [1.807, 2.05) is 133 Å². The van der Waals surface area contributed by atoms with Crippen LogP contribution in [0.5, 0.6) is 0 Å². The Balaban J connectivity index is -0.000000105. The largest absolute Gasteiger partial charge is 0.207 e. The van der Waals surface area contributed by atoms with Gasteiger partial charge in [-0.25, -0.2) is 8.78 Å². The van der Waals surface area contributed by atoms with Crippen LogP contribution in [-0.2, 0) is 25.7 Å². The molecule has 59 heavy (non-hydrogen) atoms. The summed E-state index contributed by atoms with van der Waals surface area (Å²) in [6, 6.07) is 26.5. The average molecular weight is 845 g/mol. The summed E-state index contributed by atoms with van der Waals surface area (Å²) < 4.78 is 25.0. The summed E-state index contributed by atoms with van der Waals surface area (Å²) in [7, 11) is 0. The van der Waals surface area contributed by atoms with Crippen LogP contribution < -0.4 is 0 Å². The Morgan fingerprint density at radius 1 is 0.508 bits per heavy atom. The minimum Gasteiger partial charge on any atom is -0.207 e. The maximum atomic E-state index is 12.6. The quantitative estimate of drug-likeness (QED) is 0.181. The van der Waals surface area contributed by atoms with Gasteiger partial charge in [0.05, 0.1) is 0 Å². The molecule has 0 nitrogen and oxygen atoms in total. The summed E-state index contributed by atoms with van der Waals surface area (Å²) in [5, 5.41) is 2.11. The van der Waals surface area contributed by atoms with Gasteiger partial charge in [0.1, 0.15) is 11.6 Å². The van der Waals surface area contributed by atoms with E-state index in [2.05, 4.69) is 83.3 Å². The van der Waals surface area contributed by atoms with Crippen LogP contribution in [0.25, 0.3) is 0 Å². The Morgan fingerprint density at radius 2 is 0.966 bits per heavy atom. The SMILES string of the molecule is CC.CC.CC.CC.CC.CC.CCC(C)C.CCC1CCCCC1.CCc1cc(C)cc(F)c1.CCc1cccc(F)c1.CCc1ccccc1.CCc1cccs1. The number of hydrogen-bond donors (Lipinski definition) is 0. The zero-order valence-electron chi connectivity index (χ0n) is 43.3. The number of hydrogen-bond acceptors (Lipinski definition) is 1. The molecule has 1 aromatic heterocycles. The van der Waals surface area contributed by atoms with E-state index < -0.39 is 0 Å². The molecule has 0 amide bonds. The Labute approximate surface area is 375 Å². The summed E-state index contributed by atoms with van der Waals surface area (Å²) in [5.41, 5.74) is 4.52. The summed E-state index contributed by atoms with van der Waals surface area (Å²) in [6.45, 7) is 43.2. The molecule has 0 unspecified atom stereocenters. The van der Waals surface area contributed by atoms with E-state index in [0.29, 0.717) is 0 Å². The van der Waals surface area contributed by atoms with E-state index in [-0.39, 0.29) is 11.6 Å². The van der Waals surface area contributed by atoms with Gasteiger partial charge in [-0.15, -0.1) is 11.3 Å². The van der Waals surface area contributed by atoms with E-state index in [0.717, 1.165) is 47.8 Å². The van der Waals surface area contributed by atoms with Crippen LogP contribution in [-0.4, -0.2) is 0 Å². The van der Waals surface area contributed by atoms with Crippen LogP contribution in [0.4, 0.5) is 8.78 Å². The van der Waals surface area contributed by atoms with Gasteiger partial charge in [0.15, 0.2) is 0 Å². The normalized spacial score (nSPS) is 10.1. The molecular weight excluding hydrogens is 743 g/mol. The minimum absolute atomic E-state index is 0.128. The van der Waals surface area contributed by atoms with Crippen molar-refractivity contribution in [2.24, 2.45) is 11.8 Å². The van der Waals surface area contributed by atoms with Gasteiger partial charge >= 0.3 is 0 Å². The highest BCUT2D eigenvalue weighted by atomic mass is 32.1. The van der Waals surface area contributed by atoms with Gasteiger partial charge in [-0.1, -0.05) is 238 Å². The lowest BCUT2D eigenvalue weighted by atomic mass is 9.88. The predicted molar refractivity (Wildman–Crippen MR) is 276 cm³/mol. The fourth-order valence-corrected chi connectivity index (χ4v) is 5.25. The molecule has 5 rings (SSSR count). The maximum absolute atomic E-state index is 12.6. The summed E-state index contributed by atoms with van der Waals surface area (Å²) in [4.78, 5) is 1.47. The second-order valence-corrected chi connectivity index (χ2v) is 13.5. The van der Waals surface area contributed by atoms with Gasteiger partial charge in [-0.3, -0.25) is 0 Å². The van der Waals surface area contributed by atoms with E-state index in [4.69, 9.17) is 0 Å². The van der Waals surface area contributed by atoms with E-state index in [1.54, 1.807) is 24.3 Å². The van der Waals surface area contributed by atoms with Crippen LogP contribution in [0.1, 0.15) is 211 Å². The topological polar surface area (TPSA) is 0 Å². The Hall–Kier alpha value is -2.78. The van der Waals surface area contributed by atoms with Gasteiger partial charge in [0.2, 0.25) is 0 Å². The maximum Gasteiger partial charge on any atom is 0.123 e. The number of halogens is 2. The number of rotatable bonds is 6. The van der Waals surface area contributed by atoms with Crippen LogP contribution >= 0.6 is 11.3 Å². The van der Waals surface area contributed by atoms with Gasteiger partial charge in [-0.2, -0.15) is 0 Å². The molecule has 0 atom stereocenters. The molecule has 0 spiro atoms. The zero-order valence-corrected chi connectivity index (χ0v) is 44.1. The molecule has 0 aliphatic heterocycles. The Morgan fingerprint density at radius 3 is 1.25 bits per heavy atom. The molecule has 1 heterocycles. The van der Waals surface area contributed by atoms with Crippen molar-refractivity contribution in [3.8, 4) is 0 Å². The summed E-state index contributed by atoms with van der Waals surface area (Å²) in [5.74, 6) is 1.70. The number of aryl methyl sites for hydroxylation is 5. The number of benzene rings is 3. The third-order valence-electron chi connectivity index (χ3n) is 8.11. The lowest BCUT2D eigenvalue weighted by Crippen LogP contribution is -2.03. The van der Waals surface area contributed by atoms with Crippen LogP contribution in [0, 0.1) is 30.4 Å². The van der Waals surface area contributed by atoms with Gasteiger partial charge in [-0.05, 0) is 102 Å². The monoisotopic (exact) mass is 845 g/mol. The minimum atomic E-state index is -0.144. The van der Waals surface area contributed by atoms with Crippen molar-refractivity contribution >= 4 is 11.3 Å². The van der Waals surface area contributed by atoms with Crippen molar-refractivity contribution in [2.75, 3.05) is 0 Å². The molecule has 1 fully saturated rings. The van der Waals surface area contributed by atoms with Gasteiger partial charge < -0.3 is 0 Å². The van der Waals surface area contributed by atoms with Gasteiger partial charge in [0.25, 0.3) is 0 Å². The fraction of sp³-hybridized carbons (Fsp3) is 0.607. The molecule has 0 saturated heterocycles. The molecule has 346 valence electrons. The number of thiophene rings is 1. The average Bonchev–Trinajstić information content (AvgIpc) is 3.86. The van der Waals surface area contributed by atoms with Crippen molar-refractivity contribution < 1.29 is 8.78 Å². The molecular formula is C56H102F2S. The molecule has 3 heteroatoms. The first kappa shape index (κ1) is 70.8. The van der Waals surface area contributed by atoms with Crippen molar-refractivity contribution in [1.82, 2.24) is 0 Å². The second kappa shape index (κ2) is 61.9. The molecule has 1 saturated carbocycles. The summed E-state index contributed by atoms with van der Waals surface area (Å²) >= 11 is 1.82. The standard InChI is InChI=1S/C9H11F.C8H9F.C8H16.C8H10.C6H8S.C5H12.6C2H6/c1-3-8-4-7(2)5-9(10)6-8;1-2-7-4-3-5-8(9)6-7;2*1-2-8-6-4-3-5-7-8;1-2-6-4-3-5-7-6;1-4-5(2)3;6*1-2/h4-6H,3H2,1-2H3;3-6H,2H2,1H3;8H,2-7H2,1H3;3-7H,2H2,1H3;3-5H,2H2,1H3;5H,4H2,1-3H3;6*1-2H3. The fourth-order valence-electron chi connectivity index (χ4n) is 4.60. The zero-order chi connectivity index (χ0) is 47.3. The van der Waals surface area contributed by atoms with Gasteiger partial charge in [0, 0.05) is 4.88 Å². The third kappa shape index (κ3) is 53.2. The Bertz CT molecular complexity index is 1210. The van der Waals surface area contributed by atoms with Crippen LogP contribution in [0.3, 0.4) is 0 Å². The lowest BCUT2D eigenvalue weighted by Gasteiger charge is -2.18. The molecule has 1 aliphatic carbocycles. The smallest absolute Gasteiger partial charge is 0.123 e.